The molecule has 0 N–H and O–H groups in total. The maximum atomic E-state index is 13.8. The topological polar surface area (TPSA) is 91.4 Å². The third kappa shape index (κ3) is 2.43. The first-order chi connectivity index (χ1) is 10.4. The highest BCUT2D eigenvalue weighted by atomic mass is 19.1. The number of ether oxygens (including phenoxy) is 1. The first-order valence-electron chi connectivity index (χ1n) is 6.59. The summed E-state index contributed by atoms with van der Waals surface area (Å²) >= 11 is 0. The fourth-order valence-corrected chi connectivity index (χ4v) is 2.23. The van der Waals surface area contributed by atoms with Crippen LogP contribution in [0.15, 0.2) is 23.1 Å². The summed E-state index contributed by atoms with van der Waals surface area (Å²) in [6.07, 6.45) is 1.27. The molecule has 1 aromatic heterocycles. The Morgan fingerprint density at radius 1 is 1.41 bits per heavy atom. The highest BCUT2D eigenvalue weighted by Crippen LogP contribution is 2.26. The molecule has 0 bridgehead atoms. The van der Waals surface area contributed by atoms with Crippen molar-refractivity contribution in [2.75, 3.05) is 6.61 Å². The second-order valence-corrected chi connectivity index (χ2v) is 4.43. The average Bonchev–Trinajstić information content (AvgIpc) is 2.47. The number of benzene rings is 1. The molecule has 1 heterocycles. The normalized spacial score (nSPS) is 10.7. The fourth-order valence-electron chi connectivity index (χ4n) is 2.23. The van der Waals surface area contributed by atoms with E-state index in [0.717, 1.165) is 6.07 Å². The number of halogens is 1. The van der Waals surface area contributed by atoms with Crippen molar-refractivity contribution in [1.82, 2.24) is 4.57 Å². The Labute approximate surface area is 124 Å². The highest BCUT2D eigenvalue weighted by molar-refractivity contribution is 5.96. The van der Waals surface area contributed by atoms with Crippen LogP contribution in [0.5, 0.6) is 0 Å². The van der Waals surface area contributed by atoms with Gasteiger partial charge in [0, 0.05) is 12.7 Å². The lowest BCUT2D eigenvalue weighted by Crippen LogP contribution is -2.21. The van der Waals surface area contributed by atoms with Gasteiger partial charge in [-0.15, -0.1) is 0 Å². The van der Waals surface area contributed by atoms with Gasteiger partial charge >= 0.3 is 11.7 Å². The Hall–Kier alpha value is -2.77. The number of aromatic nitrogens is 1. The SMILES string of the molecule is CCOC(=O)c1cn(CC)c2ccc(F)c([N+](=O)[O-])c2c1=O. The summed E-state index contributed by atoms with van der Waals surface area (Å²) in [6, 6.07) is 2.20. The van der Waals surface area contributed by atoms with Crippen LogP contribution in [0.2, 0.25) is 0 Å². The van der Waals surface area contributed by atoms with Crippen LogP contribution < -0.4 is 5.43 Å². The summed E-state index contributed by atoms with van der Waals surface area (Å²) in [6.45, 7) is 3.69. The molecule has 0 radical (unpaired) electrons. The average molecular weight is 308 g/mol. The number of esters is 1. The van der Waals surface area contributed by atoms with Gasteiger partial charge in [0.05, 0.1) is 17.0 Å². The van der Waals surface area contributed by atoms with Crippen LogP contribution in [0, 0.1) is 15.9 Å². The summed E-state index contributed by atoms with van der Waals surface area (Å²) < 4.78 is 20.0. The predicted molar refractivity (Wildman–Crippen MR) is 76.5 cm³/mol. The Morgan fingerprint density at radius 3 is 2.64 bits per heavy atom. The van der Waals surface area contributed by atoms with E-state index >= 15 is 0 Å². The number of rotatable bonds is 4. The molecular formula is C14H13FN2O5. The van der Waals surface area contributed by atoms with Gasteiger partial charge in [0.15, 0.2) is 0 Å². The Bertz CT molecular complexity index is 828. The number of carbonyl (C=O) groups is 1. The number of aryl methyl sites for hydroxylation is 1. The number of hydrogen-bond acceptors (Lipinski definition) is 5. The summed E-state index contributed by atoms with van der Waals surface area (Å²) in [4.78, 5) is 34.4. The molecule has 2 aromatic rings. The van der Waals surface area contributed by atoms with Gasteiger partial charge in [0.25, 0.3) is 0 Å². The minimum Gasteiger partial charge on any atom is -0.462 e. The van der Waals surface area contributed by atoms with Crippen molar-refractivity contribution < 1.29 is 18.8 Å². The quantitative estimate of drug-likeness (QED) is 0.491. The molecule has 0 fully saturated rings. The number of nitrogens with zero attached hydrogens (tertiary/aromatic N) is 2. The smallest absolute Gasteiger partial charge is 0.343 e. The van der Waals surface area contributed by atoms with Crippen LogP contribution in [0.3, 0.4) is 0 Å². The first kappa shape index (κ1) is 15.6. The van der Waals surface area contributed by atoms with Gasteiger partial charge in [-0.05, 0) is 26.0 Å². The number of nitro benzene ring substituents is 1. The van der Waals surface area contributed by atoms with E-state index in [9.17, 15) is 24.1 Å². The molecule has 0 aliphatic rings. The van der Waals surface area contributed by atoms with Gasteiger partial charge in [0.2, 0.25) is 11.2 Å². The van der Waals surface area contributed by atoms with E-state index in [1.165, 1.54) is 16.8 Å². The number of hydrogen-bond donors (Lipinski definition) is 0. The molecule has 0 saturated carbocycles. The molecule has 0 amide bonds. The highest BCUT2D eigenvalue weighted by Gasteiger charge is 2.26. The van der Waals surface area contributed by atoms with Crippen molar-refractivity contribution in [2.24, 2.45) is 0 Å². The number of fused-ring (bicyclic) bond motifs is 1. The molecule has 2 rings (SSSR count). The van der Waals surface area contributed by atoms with Crippen molar-refractivity contribution in [2.45, 2.75) is 20.4 Å². The van der Waals surface area contributed by atoms with Gasteiger partial charge in [0.1, 0.15) is 10.9 Å². The molecule has 8 heteroatoms. The van der Waals surface area contributed by atoms with Crippen LogP contribution in [0.1, 0.15) is 24.2 Å². The summed E-state index contributed by atoms with van der Waals surface area (Å²) in [5.41, 5.74) is -2.02. The van der Waals surface area contributed by atoms with Gasteiger partial charge in [-0.2, -0.15) is 4.39 Å². The Kier molecular flexibility index (Phi) is 4.20. The Morgan fingerprint density at radius 2 is 2.09 bits per heavy atom. The number of carbonyl (C=O) groups excluding carboxylic acids is 1. The third-order valence-electron chi connectivity index (χ3n) is 3.19. The molecule has 22 heavy (non-hydrogen) atoms. The third-order valence-corrected chi connectivity index (χ3v) is 3.19. The molecule has 0 atom stereocenters. The predicted octanol–water partition coefficient (Wildman–Crippen LogP) is 2.25. The zero-order chi connectivity index (χ0) is 16.4. The van der Waals surface area contributed by atoms with Crippen molar-refractivity contribution in [3.05, 3.63) is 50.0 Å². The molecule has 7 nitrogen and oxygen atoms in total. The zero-order valence-electron chi connectivity index (χ0n) is 12.0. The molecule has 0 spiro atoms. The van der Waals surface area contributed by atoms with Gasteiger partial charge in [-0.25, -0.2) is 4.79 Å². The van der Waals surface area contributed by atoms with E-state index in [1.807, 2.05) is 0 Å². The van der Waals surface area contributed by atoms with Crippen LogP contribution >= 0.6 is 0 Å². The fraction of sp³-hybridized carbons (Fsp3) is 0.286. The molecule has 0 aliphatic heterocycles. The standard InChI is InChI=1S/C14H13FN2O5/c1-3-16-7-8(14(19)22-4-2)13(18)11-10(16)6-5-9(15)12(11)17(20)21/h5-7H,3-4H2,1-2H3. The van der Waals surface area contributed by atoms with Gasteiger partial charge in [-0.1, -0.05) is 0 Å². The molecule has 0 unspecified atom stereocenters. The number of nitro groups is 1. The maximum Gasteiger partial charge on any atom is 0.343 e. The van der Waals surface area contributed by atoms with Crippen LogP contribution in [0.25, 0.3) is 10.9 Å². The van der Waals surface area contributed by atoms with Crippen molar-refractivity contribution in [3.8, 4) is 0 Å². The summed E-state index contributed by atoms with van der Waals surface area (Å²) in [5, 5.41) is 10.7. The Balaban J connectivity index is 2.96. The molecule has 116 valence electrons. The second kappa shape index (κ2) is 5.92. The lowest BCUT2D eigenvalue weighted by molar-refractivity contribution is -0.385. The van der Waals surface area contributed by atoms with Crippen LogP contribution in [0.4, 0.5) is 10.1 Å². The van der Waals surface area contributed by atoms with E-state index in [-0.39, 0.29) is 17.7 Å². The van der Waals surface area contributed by atoms with Crippen molar-refractivity contribution in [3.63, 3.8) is 0 Å². The van der Waals surface area contributed by atoms with E-state index < -0.39 is 33.2 Å². The molecule has 0 saturated heterocycles. The lowest BCUT2D eigenvalue weighted by atomic mass is 10.1. The molecular weight excluding hydrogens is 295 g/mol. The minimum absolute atomic E-state index is 0.0493. The van der Waals surface area contributed by atoms with Gasteiger partial charge in [-0.3, -0.25) is 14.9 Å². The summed E-state index contributed by atoms with van der Waals surface area (Å²) in [7, 11) is 0. The van der Waals surface area contributed by atoms with Crippen molar-refractivity contribution >= 4 is 22.6 Å². The first-order valence-corrected chi connectivity index (χ1v) is 6.59. The summed E-state index contributed by atoms with van der Waals surface area (Å²) in [5.74, 6) is -2.02. The van der Waals surface area contributed by atoms with E-state index in [4.69, 9.17) is 4.74 Å². The van der Waals surface area contributed by atoms with Crippen LogP contribution in [-0.2, 0) is 11.3 Å². The van der Waals surface area contributed by atoms with E-state index in [1.54, 1.807) is 13.8 Å². The lowest BCUT2D eigenvalue weighted by Gasteiger charge is -2.11. The zero-order valence-corrected chi connectivity index (χ0v) is 12.0. The largest absolute Gasteiger partial charge is 0.462 e. The maximum absolute atomic E-state index is 13.8. The second-order valence-electron chi connectivity index (χ2n) is 4.43. The minimum atomic E-state index is -1.13. The number of pyridine rings is 1. The van der Waals surface area contributed by atoms with Gasteiger partial charge < -0.3 is 9.30 Å². The van der Waals surface area contributed by atoms with Crippen molar-refractivity contribution in [1.29, 1.82) is 0 Å². The van der Waals surface area contributed by atoms with E-state index in [0.29, 0.717) is 6.54 Å². The monoisotopic (exact) mass is 308 g/mol. The molecule has 1 aromatic carbocycles. The van der Waals surface area contributed by atoms with Crippen LogP contribution in [-0.4, -0.2) is 22.1 Å². The molecule has 0 aliphatic carbocycles. The van der Waals surface area contributed by atoms with E-state index in [2.05, 4.69) is 0 Å².